The zero-order valence-electron chi connectivity index (χ0n) is 7.42. The molecule has 0 spiro atoms. The molecule has 1 aromatic rings. The lowest BCUT2D eigenvalue weighted by atomic mass is 10.1. The Kier molecular flexibility index (Phi) is 3.53. The first kappa shape index (κ1) is 11.5. The van der Waals surface area contributed by atoms with Gasteiger partial charge < -0.3 is 10.8 Å². The largest absolute Gasteiger partial charge is 0.389 e. The van der Waals surface area contributed by atoms with Gasteiger partial charge in [0.15, 0.2) is 0 Å². The van der Waals surface area contributed by atoms with E-state index in [0.29, 0.717) is 20.6 Å². The van der Waals surface area contributed by atoms with Gasteiger partial charge in [0, 0.05) is 9.50 Å². The number of primary amides is 1. The van der Waals surface area contributed by atoms with Gasteiger partial charge in [0.05, 0.1) is 11.7 Å². The predicted molar refractivity (Wildman–Crippen MR) is 58.3 cm³/mol. The fraction of sp³-hybridized carbons (Fsp3) is 0.222. The van der Waals surface area contributed by atoms with Crippen molar-refractivity contribution in [3.8, 4) is 0 Å². The number of carbonyl (C=O) groups excluding carboxylic acids is 1. The van der Waals surface area contributed by atoms with Crippen molar-refractivity contribution in [2.75, 3.05) is 0 Å². The standard InChI is InChI=1S/C9H9BrClNO2/c1-4(13)5-2-6(9(12)14)7(10)3-8(5)11/h2-4,13H,1H3,(H2,12,14)/t4-/m1/s1. The number of hydrogen-bond donors (Lipinski definition) is 2. The first-order valence-electron chi connectivity index (χ1n) is 3.90. The Morgan fingerprint density at radius 3 is 2.64 bits per heavy atom. The van der Waals surface area contributed by atoms with Crippen LogP contribution in [0.5, 0.6) is 0 Å². The summed E-state index contributed by atoms with van der Waals surface area (Å²) in [7, 11) is 0. The van der Waals surface area contributed by atoms with Crippen LogP contribution in [0.2, 0.25) is 5.02 Å². The molecule has 1 amide bonds. The lowest BCUT2D eigenvalue weighted by molar-refractivity contribution is 0.0999. The third-order valence-corrected chi connectivity index (χ3v) is 2.79. The third kappa shape index (κ3) is 2.26. The molecule has 0 aliphatic rings. The van der Waals surface area contributed by atoms with Gasteiger partial charge in [-0.15, -0.1) is 0 Å². The van der Waals surface area contributed by atoms with E-state index in [-0.39, 0.29) is 0 Å². The molecular weight excluding hydrogens is 269 g/mol. The molecule has 0 heterocycles. The Balaban J connectivity index is 3.34. The second-order valence-corrected chi connectivity index (χ2v) is 4.16. The molecule has 14 heavy (non-hydrogen) atoms. The molecule has 76 valence electrons. The normalized spacial score (nSPS) is 12.6. The van der Waals surface area contributed by atoms with Crippen molar-refractivity contribution in [3.05, 3.63) is 32.8 Å². The van der Waals surface area contributed by atoms with Crippen LogP contribution in [0, 0.1) is 0 Å². The van der Waals surface area contributed by atoms with E-state index in [1.54, 1.807) is 13.0 Å². The van der Waals surface area contributed by atoms with Gasteiger partial charge in [-0.3, -0.25) is 4.79 Å². The van der Waals surface area contributed by atoms with Gasteiger partial charge in [-0.05, 0) is 40.5 Å². The highest BCUT2D eigenvalue weighted by molar-refractivity contribution is 9.10. The minimum absolute atomic E-state index is 0.310. The molecule has 0 aromatic heterocycles. The molecule has 0 fully saturated rings. The highest BCUT2D eigenvalue weighted by Gasteiger charge is 2.13. The second-order valence-electron chi connectivity index (χ2n) is 2.89. The molecule has 1 aromatic carbocycles. The van der Waals surface area contributed by atoms with E-state index >= 15 is 0 Å². The summed E-state index contributed by atoms with van der Waals surface area (Å²) in [6.45, 7) is 1.57. The summed E-state index contributed by atoms with van der Waals surface area (Å²) >= 11 is 9.02. The first-order valence-corrected chi connectivity index (χ1v) is 5.07. The van der Waals surface area contributed by atoms with Crippen LogP contribution in [0.25, 0.3) is 0 Å². The quantitative estimate of drug-likeness (QED) is 0.871. The lowest BCUT2D eigenvalue weighted by Gasteiger charge is -2.10. The summed E-state index contributed by atoms with van der Waals surface area (Å²) in [5.74, 6) is -0.560. The zero-order chi connectivity index (χ0) is 10.9. The molecule has 3 nitrogen and oxygen atoms in total. The number of benzene rings is 1. The highest BCUT2D eigenvalue weighted by atomic mass is 79.9. The van der Waals surface area contributed by atoms with Crippen LogP contribution in [-0.2, 0) is 0 Å². The third-order valence-electron chi connectivity index (χ3n) is 1.80. The summed E-state index contributed by atoms with van der Waals surface area (Å²) in [5, 5.41) is 9.75. The summed E-state index contributed by atoms with van der Waals surface area (Å²) in [5.41, 5.74) is 5.94. The molecule has 1 atom stereocenters. The number of halogens is 2. The average molecular weight is 279 g/mol. The molecule has 0 saturated carbocycles. The smallest absolute Gasteiger partial charge is 0.249 e. The van der Waals surface area contributed by atoms with Crippen LogP contribution in [-0.4, -0.2) is 11.0 Å². The number of aliphatic hydroxyl groups is 1. The van der Waals surface area contributed by atoms with Crippen molar-refractivity contribution < 1.29 is 9.90 Å². The number of amides is 1. The maximum Gasteiger partial charge on any atom is 0.249 e. The van der Waals surface area contributed by atoms with E-state index in [0.717, 1.165) is 0 Å². The van der Waals surface area contributed by atoms with E-state index in [1.807, 2.05) is 0 Å². The Labute approximate surface area is 95.0 Å². The van der Waals surface area contributed by atoms with Gasteiger partial charge in [-0.1, -0.05) is 11.6 Å². The number of hydrogen-bond acceptors (Lipinski definition) is 2. The van der Waals surface area contributed by atoms with E-state index in [4.69, 9.17) is 17.3 Å². The van der Waals surface area contributed by atoms with Crippen molar-refractivity contribution in [1.29, 1.82) is 0 Å². The van der Waals surface area contributed by atoms with Gasteiger partial charge in [0.25, 0.3) is 0 Å². The van der Waals surface area contributed by atoms with Gasteiger partial charge in [0.1, 0.15) is 0 Å². The molecule has 0 aliphatic carbocycles. The summed E-state index contributed by atoms with van der Waals surface area (Å²) < 4.78 is 0.527. The SMILES string of the molecule is C[C@@H](O)c1cc(C(N)=O)c(Br)cc1Cl. The van der Waals surface area contributed by atoms with Crippen LogP contribution < -0.4 is 5.73 Å². The minimum Gasteiger partial charge on any atom is -0.389 e. The van der Waals surface area contributed by atoms with E-state index < -0.39 is 12.0 Å². The summed E-state index contributed by atoms with van der Waals surface area (Å²) in [6, 6.07) is 3.03. The summed E-state index contributed by atoms with van der Waals surface area (Å²) in [6.07, 6.45) is -0.728. The van der Waals surface area contributed by atoms with Crippen molar-refractivity contribution in [2.24, 2.45) is 5.73 Å². The molecule has 5 heteroatoms. The first-order chi connectivity index (χ1) is 6.43. The highest BCUT2D eigenvalue weighted by Crippen LogP contribution is 2.29. The van der Waals surface area contributed by atoms with Gasteiger partial charge >= 0.3 is 0 Å². The topological polar surface area (TPSA) is 63.3 Å². The Hall–Kier alpha value is -0.580. The maximum atomic E-state index is 11.0. The van der Waals surface area contributed by atoms with Gasteiger partial charge in [0.2, 0.25) is 5.91 Å². The Bertz CT molecular complexity index is 379. The number of nitrogens with two attached hydrogens (primary N) is 1. The molecule has 3 N–H and O–H groups in total. The molecule has 0 saturated heterocycles. The molecule has 0 bridgehead atoms. The molecular formula is C9H9BrClNO2. The number of aliphatic hydroxyl groups excluding tert-OH is 1. The van der Waals surface area contributed by atoms with Gasteiger partial charge in [-0.25, -0.2) is 0 Å². The second kappa shape index (κ2) is 4.29. The van der Waals surface area contributed by atoms with Crippen molar-refractivity contribution in [1.82, 2.24) is 0 Å². The van der Waals surface area contributed by atoms with E-state index in [2.05, 4.69) is 15.9 Å². The fourth-order valence-corrected chi connectivity index (χ4v) is 2.07. The number of rotatable bonds is 2. The van der Waals surface area contributed by atoms with Gasteiger partial charge in [-0.2, -0.15) is 0 Å². The van der Waals surface area contributed by atoms with Crippen molar-refractivity contribution in [3.63, 3.8) is 0 Å². The molecule has 0 aliphatic heterocycles. The monoisotopic (exact) mass is 277 g/mol. The minimum atomic E-state index is -0.728. The van der Waals surface area contributed by atoms with E-state index in [1.165, 1.54) is 6.07 Å². The zero-order valence-corrected chi connectivity index (χ0v) is 9.76. The van der Waals surface area contributed by atoms with Crippen LogP contribution in [0.1, 0.15) is 28.9 Å². The Morgan fingerprint density at radius 1 is 1.64 bits per heavy atom. The van der Waals surface area contributed by atoms with E-state index in [9.17, 15) is 9.90 Å². The van der Waals surface area contributed by atoms with Crippen molar-refractivity contribution in [2.45, 2.75) is 13.0 Å². The maximum absolute atomic E-state index is 11.0. The summed E-state index contributed by atoms with van der Waals surface area (Å²) in [4.78, 5) is 11.0. The molecule has 0 radical (unpaired) electrons. The lowest BCUT2D eigenvalue weighted by Crippen LogP contribution is -2.12. The molecule has 0 unspecified atom stereocenters. The van der Waals surface area contributed by atoms with Crippen LogP contribution in [0.3, 0.4) is 0 Å². The average Bonchev–Trinajstić information content (AvgIpc) is 2.02. The number of carbonyl (C=O) groups is 1. The van der Waals surface area contributed by atoms with Crippen molar-refractivity contribution >= 4 is 33.4 Å². The van der Waals surface area contributed by atoms with Crippen LogP contribution in [0.15, 0.2) is 16.6 Å². The van der Waals surface area contributed by atoms with Crippen LogP contribution in [0.4, 0.5) is 0 Å². The van der Waals surface area contributed by atoms with Crippen LogP contribution >= 0.6 is 27.5 Å². The fourth-order valence-electron chi connectivity index (χ4n) is 1.07. The predicted octanol–water partition coefficient (Wildman–Crippen LogP) is 2.25. The Morgan fingerprint density at radius 2 is 2.21 bits per heavy atom. The molecule has 1 rings (SSSR count).